The summed E-state index contributed by atoms with van der Waals surface area (Å²) in [5.74, 6) is 1.72. The second kappa shape index (κ2) is 3.60. The number of aliphatic hydroxyl groups excluding tert-OH is 1. The van der Waals surface area contributed by atoms with Gasteiger partial charge in [0.25, 0.3) is 0 Å². The predicted molar refractivity (Wildman–Crippen MR) is 53.3 cm³/mol. The molecule has 0 amide bonds. The Balaban J connectivity index is 2.20. The molecule has 0 saturated carbocycles. The van der Waals surface area contributed by atoms with Gasteiger partial charge in [-0.1, -0.05) is 12.1 Å². The Labute approximate surface area is 81.9 Å². The molecule has 1 aromatic rings. The first-order valence-corrected chi connectivity index (χ1v) is 5.32. The van der Waals surface area contributed by atoms with Gasteiger partial charge in [0.05, 0.1) is 6.10 Å². The van der Waals surface area contributed by atoms with Gasteiger partial charge < -0.3 is 9.84 Å². The van der Waals surface area contributed by atoms with Crippen molar-refractivity contribution in [2.24, 2.45) is 0 Å². The number of hydrogen-bond donors (Lipinski definition) is 1. The maximum Gasteiger partial charge on any atom is 0.134 e. The Hall–Kier alpha value is -0.670. The lowest BCUT2D eigenvalue weighted by atomic mass is 10.2. The van der Waals surface area contributed by atoms with Crippen LogP contribution in [0.3, 0.4) is 0 Å². The standard InChI is InChI=1S/C10H12O2S/c1-7(11)9-6-13-10-5-3-2-4-8(10)12-9/h2-5,7,9,11H,6H2,1H3. The molecule has 0 aliphatic carbocycles. The Kier molecular flexibility index (Phi) is 2.47. The summed E-state index contributed by atoms with van der Waals surface area (Å²) >= 11 is 1.74. The molecule has 2 rings (SSSR count). The summed E-state index contributed by atoms with van der Waals surface area (Å²) in [6, 6.07) is 7.93. The van der Waals surface area contributed by atoms with Crippen molar-refractivity contribution in [2.75, 3.05) is 5.75 Å². The first kappa shape index (κ1) is 8.91. The fraction of sp³-hybridized carbons (Fsp3) is 0.400. The van der Waals surface area contributed by atoms with E-state index in [4.69, 9.17) is 4.74 Å². The third-order valence-electron chi connectivity index (χ3n) is 2.07. The number of benzene rings is 1. The van der Waals surface area contributed by atoms with Gasteiger partial charge in [0.15, 0.2) is 0 Å². The van der Waals surface area contributed by atoms with Crippen LogP contribution in [0.4, 0.5) is 0 Å². The Morgan fingerprint density at radius 1 is 1.54 bits per heavy atom. The lowest BCUT2D eigenvalue weighted by Gasteiger charge is -2.27. The summed E-state index contributed by atoms with van der Waals surface area (Å²) in [6.07, 6.45) is -0.472. The van der Waals surface area contributed by atoms with E-state index in [1.54, 1.807) is 18.7 Å². The van der Waals surface area contributed by atoms with E-state index >= 15 is 0 Å². The van der Waals surface area contributed by atoms with Crippen molar-refractivity contribution in [3.05, 3.63) is 24.3 Å². The zero-order valence-electron chi connectivity index (χ0n) is 7.43. The van der Waals surface area contributed by atoms with E-state index in [2.05, 4.69) is 0 Å². The molecule has 1 N–H and O–H groups in total. The fourth-order valence-electron chi connectivity index (χ4n) is 1.27. The lowest BCUT2D eigenvalue weighted by molar-refractivity contribution is 0.0592. The summed E-state index contributed by atoms with van der Waals surface area (Å²) in [5, 5.41) is 9.36. The van der Waals surface area contributed by atoms with Crippen LogP contribution < -0.4 is 4.74 Å². The van der Waals surface area contributed by atoms with Crippen LogP contribution in [0.1, 0.15) is 6.92 Å². The zero-order valence-corrected chi connectivity index (χ0v) is 8.25. The van der Waals surface area contributed by atoms with Crippen molar-refractivity contribution < 1.29 is 9.84 Å². The van der Waals surface area contributed by atoms with Gasteiger partial charge in [0.1, 0.15) is 11.9 Å². The highest BCUT2D eigenvalue weighted by atomic mass is 32.2. The molecule has 13 heavy (non-hydrogen) atoms. The van der Waals surface area contributed by atoms with Crippen LogP contribution in [0.15, 0.2) is 29.2 Å². The molecule has 2 nitrogen and oxygen atoms in total. The van der Waals surface area contributed by atoms with Gasteiger partial charge in [-0.2, -0.15) is 0 Å². The SMILES string of the molecule is CC(O)C1CSc2ccccc2O1. The van der Waals surface area contributed by atoms with Crippen molar-refractivity contribution in [3.63, 3.8) is 0 Å². The second-order valence-corrected chi connectivity index (χ2v) is 4.22. The molecule has 0 bridgehead atoms. The summed E-state index contributed by atoms with van der Waals surface area (Å²) < 4.78 is 5.62. The molecular formula is C10H12O2S. The van der Waals surface area contributed by atoms with Crippen molar-refractivity contribution in [3.8, 4) is 5.75 Å². The highest BCUT2D eigenvalue weighted by Gasteiger charge is 2.23. The molecule has 2 atom stereocenters. The maximum atomic E-state index is 9.36. The summed E-state index contributed by atoms with van der Waals surface area (Å²) in [6.45, 7) is 1.76. The maximum absolute atomic E-state index is 9.36. The molecule has 0 fully saturated rings. The molecule has 0 spiro atoms. The van der Waals surface area contributed by atoms with E-state index < -0.39 is 6.10 Å². The molecule has 70 valence electrons. The number of hydrogen-bond acceptors (Lipinski definition) is 3. The smallest absolute Gasteiger partial charge is 0.134 e. The van der Waals surface area contributed by atoms with Crippen LogP contribution in [-0.4, -0.2) is 23.1 Å². The number of aliphatic hydroxyl groups is 1. The lowest BCUT2D eigenvalue weighted by Crippen LogP contribution is -2.33. The van der Waals surface area contributed by atoms with Crippen molar-refractivity contribution in [1.29, 1.82) is 0 Å². The molecule has 1 aliphatic heterocycles. The largest absolute Gasteiger partial charge is 0.486 e. The van der Waals surface area contributed by atoms with Gasteiger partial charge >= 0.3 is 0 Å². The molecule has 1 aliphatic rings. The average Bonchev–Trinajstić information content (AvgIpc) is 2.17. The average molecular weight is 196 g/mol. The van der Waals surface area contributed by atoms with Gasteiger partial charge in [0, 0.05) is 10.6 Å². The number of para-hydroxylation sites is 1. The summed E-state index contributed by atoms with van der Waals surface area (Å²) in [5.41, 5.74) is 0. The number of rotatable bonds is 1. The number of fused-ring (bicyclic) bond motifs is 1. The van der Waals surface area contributed by atoms with E-state index in [-0.39, 0.29) is 6.10 Å². The van der Waals surface area contributed by atoms with E-state index in [1.165, 1.54) is 4.90 Å². The fourth-order valence-corrected chi connectivity index (χ4v) is 2.40. The number of thioether (sulfide) groups is 1. The van der Waals surface area contributed by atoms with E-state index in [0.29, 0.717) is 0 Å². The van der Waals surface area contributed by atoms with Gasteiger partial charge in [-0.05, 0) is 19.1 Å². The Bertz CT molecular complexity index is 299. The molecule has 0 radical (unpaired) electrons. The van der Waals surface area contributed by atoms with Gasteiger partial charge in [-0.25, -0.2) is 0 Å². The van der Waals surface area contributed by atoms with Crippen LogP contribution in [0, 0.1) is 0 Å². The summed E-state index contributed by atoms with van der Waals surface area (Å²) in [4.78, 5) is 1.17. The monoisotopic (exact) mass is 196 g/mol. The molecular weight excluding hydrogens is 184 g/mol. The van der Waals surface area contributed by atoms with Crippen molar-refractivity contribution in [2.45, 2.75) is 24.0 Å². The molecule has 0 aromatic heterocycles. The van der Waals surface area contributed by atoms with Crippen LogP contribution in [0.2, 0.25) is 0 Å². The van der Waals surface area contributed by atoms with Gasteiger partial charge in [-0.15, -0.1) is 11.8 Å². The van der Waals surface area contributed by atoms with Crippen LogP contribution in [0.25, 0.3) is 0 Å². The third kappa shape index (κ3) is 1.81. The minimum absolute atomic E-state index is 0.0695. The molecule has 1 heterocycles. The summed E-state index contributed by atoms with van der Waals surface area (Å²) in [7, 11) is 0. The normalized spacial score (nSPS) is 23.1. The predicted octanol–water partition coefficient (Wildman–Crippen LogP) is 1.92. The van der Waals surface area contributed by atoms with E-state index in [1.807, 2.05) is 24.3 Å². The molecule has 3 heteroatoms. The Morgan fingerprint density at radius 3 is 3.08 bits per heavy atom. The third-order valence-corrected chi connectivity index (χ3v) is 3.21. The highest BCUT2D eigenvalue weighted by Crippen LogP contribution is 2.35. The zero-order chi connectivity index (χ0) is 9.26. The van der Waals surface area contributed by atoms with Crippen LogP contribution in [0.5, 0.6) is 5.75 Å². The minimum atomic E-state index is -0.402. The molecule has 2 unspecified atom stereocenters. The quantitative estimate of drug-likeness (QED) is 0.744. The van der Waals surface area contributed by atoms with Crippen molar-refractivity contribution in [1.82, 2.24) is 0 Å². The number of ether oxygens (including phenoxy) is 1. The van der Waals surface area contributed by atoms with E-state index in [0.717, 1.165) is 11.5 Å². The van der Waals surface area contributed by atoms with E-state index in [9.17, 15) is 5.11 Å². The minimum Gasteiger partial charge on any atom is -0.486 e. The van der Waals surface area contributed by atoms with Gasteiger partial charge in [0.2, 0.25) is 0 Å². The molecule has 1 aromatic carbocycles. The Morgan fingerprint density at radius 2 is 2.31 bits per heavy atom. The second-order valence-electron chi connectivity index (χ2n) is 3.15. The topological polar surface area (TPSA) is 29.5 Å². The first-order chi connectivity index (χ1) is 6.27. The van der Waals surface area contributed by atoms with Crippen molar-refractivity contribution >= 4 is 11.8 Å². The first-order valence-electron chi connectivity index (χ1n) is 4.34. The molecule has 0 saturated heterocycles. The van der Waals surface area contributed by atoms with Gasteiger partial charge in [-0.3, -0.25) is 0 Å². The van der Waals surface area contributed by atoms with Crippen LogP contribution in [-0.2, 0) is 0 Å². The highest BCUT2D eigenvalue weighted by molar-refractivity contribution is 7.99. The van der Waals surface area contributed by atoms with Crippen LogP contribution >= 0.6 is 11.8 Å².